The Kier molecular flexibility index (Phi) is 2.69. The Bertz CT molecular complexity index is 468. The molecule has 2 aromatic rings. The van der Waals surface area contributed by atoms with Gasteiger partial charge in [0.15, 0.2) is 11.6 Å². The summed E-state index contributed by atoms with van der Waals surface area (Å²) >= 11 is 5.82. The molecule has 0 unspecified atom stereocenters. The summed E-state index contributed by atoms with van der Waals surface area (Å²) < 4.78 is 4.92. The third-order valence-corrected chi connectivity index (χ3v) is 2.04. The van der Waals surface area contributed by atoms with Crippen LogP contribution in [0.3, 0.4) is 0 Å². The number of furan rings is 1. The maximum absolute atomic E-state index is 11.5. The molecule has 0 fully saturated rings. The Morgan fingerprint density at radius 3 is 2.93 bits per heavy atom. The molecule has 2 heterocycles. The van der Waals surface area contributed by atoms with Crippen molar-refractivity contribution in [3.63, 3.8) is 0 Å². The van der Waals surface area contributed by atoms with Gasteiger partial charge in [0.05, 0.1) is 11.3 Å². The van der Waals surface area contributed by atoms with Gasteiger partial charge in [-0.05, 0) is 24.3 Å². The van der Waals surface area contributed by atoms with Crippen LogP contribution in [0.5, 0.6) is 0 Å². The van der Waals surface area contributed by atoms with Crippen molar-refractivity contribution >= 4 is 23.3 Å². The Balaban J connectivity index is 2.17. The summed E-state index contributed by atoms with van der Waals surface area (Å²) in [6.07, 6.45) is 2.97. The number of hydrogen-bond acceptors (Lipinski definition) is 3. The molecule has 2 aromatic heterocycles. The van der Waals surface area contributed by atoms with Gasteiger partial charge in [-0.15, -0.1) is 0 Å². The molecule has 0 aliphatic rings. The number of amides is 1. The van der Waals surface area contributed by atoms with Gasteiger partial charge in [-0.25, -0.2) is 4.98 Å². The highest BCUT2D eigenvalue weighted by Gasteiger charge is 2.10. The molecule has 1 amide bonds. The molecule has 0 spiro atoms. The summed E-state index contributed by atoms with van der Waals surface area (Å²) in [4.78, 5) is 15.4. The predicted octanol–water partition coefficient (Wildman–Crippen LogP) is 2.58. The third-order valence-electron chi connectivity index (χ3n) is 1.74. The van der Waals surface area contributed by atoms with Crippen molar-refractivity contribution in [2.45, 2.75) is 0 Å². The van der Waals surface area contributed by atoms with E-state index in [4.69, 9.17) is 16.0 Å². The Morgan fingerprint density at radius 2 is 2.27 bits per heavy atom. The van der Waals surface area contributed by atoms with E-state index in [9.17, 15) is 4.79 Å². The van der Waals surface area contributed by atoms with Gasteiger partial charge >= 0.3 is 0 Å². The van der Waals surface area contributed by atoms with E-state index >= 15 is 0 Å². The molecule has 1 N–H and O–H groups in total. The number of aromatic nitrogens is 1. The van der Waals surface area contributed by atoms with Gasteiger partial charge in [0.1, 0.15) is 0 Å². The molecule has 0 saturated heterocycles. The topological polar surface area (TPSA) is 55.1 Å². The van der Waals surface area contributed by atoms with Gasteiger partial charge in [-0.3, -0.25) is 4.79 Å². The highest BCUT2D eigenvalue weighted by Crippen LogP contribution is 2.18. The second kappa shape index (κ2) is 4.14. The number of nitrogens with zero attached hydrogens (tertiary/aromatic N) is 1. The summed E-state index contributed by atoms with van der Waals surface area (Å²) in [5, 5.41) is 2.92. The fourth-order valence-corrected chi connectivity index (χ4v) is 1.22. The molecule has 0 atom stereocenters. The second-order valence-electron chi connectivity index (χ2n) is 2.77. The zero-order valence-corrected chi connectivity index (χ0v) is 8.36. The minimum Gasteiger partial charge on any atom is -0.459 e. The molecule has 0 aliphatic heterocycles. The number of carbonyl (C=O) groups is 1. The highest BCUT2D eigenvalue weighted by molar-refractivity contribution is 6.33. The van der Waals surface area contributed by atoms with Crippen molar-refractivity contribution in [1.82, 2.24) is 4.98 Å². The van der Waals surface area contributed by atoms with Crippen molar-refractivity contribution < 1.29 is 9.21 Å². The van der Waals surface area contributed by atoms with E-state index in [1.165, 1.54) is 6.26 Å². The van der Waals surface area contributed by atoms with Crippen LogP contribution in [0.25, 0.3) is 0 Å². The normalized spacial score (nSPS) is 9.93. The number of halogens is 1. The molecule has 0 aromatic carbocycles. The van der Waals surface area contributed by atoms with Gasteiger partial charge in [0.2, 0.25) is 0 Å². The van der Waals surface area contributed by atoms with Crippen molar-refractivity contribution in [1.29, 1.82) is 0 Å². The van der Waals surface area contributed by atoms with Gasteiger partial charge < -0.3 is 9.73 Å². The van der Waals surface area contributed by atoms with Gasteiger partial charge in [-0.2, -0.15) is 0 Å². The SMILES string of the molecule is O=C(Nc1ncccc1Cl)c1ccco1. The molecular weight excluding hydrogens is 216 g/mol. The van der Waals surface area contributed by atoms with Crippen molar-refractivity contribution in [2.75, 3.05) is 5.32 Å². The van der Waals surface area contributed by atoms with Crippen molar-refractivity contribution in [3.8, 4) is 0 Å². The van der Waals surface area contributed by atoms with Gasteiger partial charge in [0, 0.05) is 6.20 Å². The molecule has 0 saturated carbocycles. The summed E-state index contributed by atoms with van der Waals surface area (Å²) in [6, 6.07) is 6.53. The molecule has 4 nitrogen and oxygen atoms in total. The van der Waals surface area contributed by atoms with E-state index in [2.05, 4.69) is 10.3 Å². The van der Waals surface area contributed by atoms with Crippen LogP contribution < -0.4 is 5.32 Å². The second-order valence-corrected chi connectivity index (χ2v) is 3.17. The molecule has 15 heavy (non-hydrogen) atoms. The van der Waals surface area contributed by atoms with Crippen LogP contribution in [-0.4, -0.2) is 10.9 Å². The summed E-state index contributed by atoms with van der Waals surface area (Å²) in [6.45, 7) is 0. The fraction of sp³-hybridized carbons (Fsp3) is 0. The van der Waals surface area contributed by atoms with E-state index in [1.54, 1.807) is 30.5 Å². The van der Waals surface area contributed by atoms with Crippen LogP contribution in [0.15, 0.2) is 41.1 Å². The third kappa shape index (κ3) is 2.16. The maximum atomic E-state index is 11.5. The first kappa shape index (κ1) is 9.73. The number of carbonyl (C=O) groups excluding carboxylic acids is 1. The zero-order chi connectivity index (χ0) is 10.7. The average Bonchev–Trinajstić information content (AvgIpc) is 2.74. The van der Waals surface area contributed by atoms with Crippen LogP contribution in [0.4, 0.5) is 5.82 Å². The van der Waals surface area contributed by atoms with Crippen LogP contribution in [0.1, 0.15) is 10.6 Å². The number of nitrogens with one attached hydrogen (secondary N) is 1. The van der Waals surface area contributed by atoms with Crippen LogP contribution in [0, 0.1) is 0 Å². The largest absolute Gasteiger partial charge is 0.459 e. The molecule has 0 bridgehead atoms. The van der Waals surface area contributed by atoms with E-state index in [1.807, 2.05) is 0 Å². The lowest BCUT2D eigenvalue weighted by atomic mass is 10.4. The summed E-state index contributed by atoms with van der Waals surface area (Å²) in [7, 11) is 0. The molecule has 2 rings (SSSR count). The van der Waals surface area contributed by atoms with Crippen LogP contribution in [-0.2, 0) is 0 Å². The van der Waals surface area contributed by atoms with E-state index in [0.717, 1.165) is 0 Å². The first-order chi connectivity index (χ1) is 7.27. The molecular formula is C10H7ClN2O2. The minimum atomic E-state index is -0.374. The Morgan fingerprint density at radius 1 is 1.40 bits per heavy atom. The molecule has 5 heteroatoms. The van der Waals surface area contributed by atoms with Gasteiger partial charge in [0.25, 0.3) is 5.91 Å². The Labute approximate surface area is 90.9 Å². The smallest absolute Gasteiger partial charge is 0.292 e. The monoisotopic (exact) mass is 222 g/mol. The fourth-order valence-electron chi connectivity index (χ4n) is 1.05. The molecule has 0 radical (unpaired) electrons. The number of rotatable bonds is 2. The minimum absolute atomic E-state index is 0.219. The van der Waals surface area contributed by atoms with Crippen LogP contribution in [0.2, 0.25) is 5.02 Å². The maximum Gasteiger partial charge on any atom is 0.292 e. The quantitative estimate of drug-likeness (QED) is 0.850. The van der Waals surface area contributed by atoms with Crippen molar-refractivity contribution in [3.05, 3.63) is 47.5 Å². The first-order valence-electron chi connectivity index (χ1n) is 4.23. The lowest BCUT2D eigenvalue weighted by Gasteiger charge is -2.02. The number of anilines is 1. The molecule has 0 aliphatic carbocycles. The number of pyridine rings is 1. The molecule has 76 valence electrons. The standard InChI is InChI=1S/C10H7ClN2O2/c11-7-3-1-5-12-9(7)13-10(14)8-4-2-6-15-8/h1-6H,(H,12,13,14). The summed E-state index contributed by atoms with van der Waals surface area (Å²) in [5.41, 5.74) is 0. The average molecular weight is 223 g/mol. The highest BCUT2D eigenvalue weighted by atomic mass is 35.5. The van der Waals surface area contributed by atoms with Crippen molar-refractivity contribution in [2.24, 2.45) is 0 Å². The van der Waals surface area contributed by atoms with E-state index < -0.39 is 0 Å². The number of hydrogen-bond donors (Lipinski definition) is 1. The summed E-state index contributed by atoms with van der Waals surface area (Å²) in [5.74, 6) is 0.165. The zero-order valence-electron chi connectivity index (χ0n) is 7.61. The first-order valence-corrected chi connectivity index (χ1v) is 4.60. The Hall–Kier alpha value is -1.81. The van der Waals surface area contributed by atoms with Crippen LogP contribution >= 0.6 is 11.6 Å². The lowest BCUT2D eigenvalue weighted by Crippen LogP contribution is -2.12. The van der Waals surface area contributed by atoms with E-state index in [0.29, 0.717) is 10.8 Å². The lowest BCUT2D eigenvalue weighted by molar-refractivity contribution is 0.0996. The van der Waals surface area contributed by atoms with E-state index in [-0.39, 0.29) is 11.7 Å². The predicted molar refractivity (Wildman–Crippen MR) is 55.9 cm³/mol. The van der Waals surface area contributed by atoms with Gasteiger partial charge in [-0.1, -0.05) is 11.6 Å².